The maximum Gasteiger partial charge on any atom is 0.0845 e. The highest BCUT2D eigenvalue weighted by Gasteiger charge is 2.10. The van der Waals surface area contributed by atoms with E-state index in [1.54, 1.807) is 6.08 Å². The summed E-state index contributed by atoms with van der Waals surface area (Å²) in [6, 6.07) is 0.500. The average Bonchev–Trinajstić information content (AvgIpc) is 2.03. The van der Waals surface area contributed by atoms with Crippen molar-refractivity contribution >= 4 is 0 Å². The van der Waals surface area contributed by atoms with E-state index < -0.39 is 0 Å². The highest BCUT2D eigenvalue weighted by atomic mass is 16.3. The van der Waals surface area contributed by atoms with Gasteiger partial charge >= 0.3 is 0 Å². The lowest BCUT2D eigenvalue weighted by Crippen LogP contribution is -2.37. The standard InChI is InChI=1S/C10H21NO/c1-5-7-11(9(3)4)8-10(12)6-2/h6,9-10,12H,2,5,7-8H2,1,3-4H3. The predicted octanol–water partition coefficient (Wildman–Crippen LogP) is 1.65. The Hall–Kier alpha value is -0.340. The summed E-state index contributed by atoms with van der Waals surface area (Å²) in [6.07, 6.45) is 2.33. The second-order valence-electron chi connectivity index (χ2n) is 3.39. The van der Waals surface area contributed by atoms with Crippen LogP contribution >= 0.6 is 0 Å². The van der Waals surface area contributed by atoms with Crippen molar-refractivity contribution in [2.45, 2.75) is 39.3 Å². The van der Waals surface area contributed by atoms with Crippen LogP contribution in [0.4, 0.5) is 0 Å². The van der Waals surface area contributed by atoms with Crippen molar-refractivity contribution in [1.29, 1.82) is 0 Å². The molecule has 12 heavy (non-hydrogen) atoms. The lowest BCUT2D eigenvalue weighted by atomic mass is 10.2. The van der Waals surface area contributed by atoms with E-state index in [0.717, 1.165) is 13.0 Å². The van der Waals surface area contributed by atoms with Gasteiger partial charge < -0.3 is 5.11 Å². The molecular weight excluding hydrogens is 150 g/mol. The molecule has 0 amide bonds. The van der Waals surface area contributed by atoms with Crippen LogP contribution in [0.3, 0.4) is 0 Å². The quantitative estimate of drug-likeness (QED) is 0.614. The zero-order valence-electron chi connectivity index (χ0n) is 8.45. The van der Waals surface area contributed by atoms with Gasteiger partial charge in [0.05, 0.1) is 6.10 Å². The minimum atomic E-state index is -0.390. The third-order valence-corrected chi connectivity index (χ3v) is 1.93. The Bertz CT molecular complexity index is 123. The maximum atomic E-state index is 9.34. The van der Waals surface area contributed by atoms with Gasteiger partial charge in [-0.05, 0) is 26.8 Å². The summed E-state index contributed by atoms with van der Waals surface area (Å²) in [4.78, 5) is 2.26. The fourth-order valence-corrected chi connectivity index (χ4v) is 1.16. The van der Waals surface area contributed by atoms with Crippen LogP contribution in [-0.2, 0) is 0 Å². The van der Waals surface area contributed by atoms with Crippen molar-refractivity contribution in [2.75, 3.05) is 13.1 Å². The van der Waals surface area contributed by atoms with Gasteiger partial charge in [0.1, 0.15) is 0 Å². The molecule has 1 N–H and O–H groups in total. The van der Waals surface area contributed by atoms with Gasteiger partial charge in [0.25, 0.3) is 0 Å². The van der Waals surface area contributed by atoms with Crippen LogP contribution in [0.15, 0.2) is 12.7 Å². The number of rotatable bonds is 6. The smallest absolute Gasteiger partial charge is 0.0845 e. The van der Waals surface area contributed by atoms with Crippen molar-refractivity contribution in [1.82, 2.24) is 4.90 Å². The van der Waals surface area contributed by atoms with E-state index in [2.05, 4.69) is 32.3 Å². The van der Waals surface area contributed by atoms with Crippen LogP contribution in [-0.4, -0.2) is 35.2 Å². The molecule has 72 valence electrons. The van der Waals surface area contributed by atoms with Crippen LogP contribution in [0.5, 0.6) is 0 Å². The van der Waals surface area contributed by atoms with E-state index in [1.807, 2.05) is 0 Å². The Balaban J connectivity index is 3.85. The van der Waals surface area contributed by atoms with Crippen molar-refractivity contribution in [3.05, 3.63) is 12.7 Å². The first-order valence-electron chi connectivity index (χ1n) is 4.66. The highest BCUT2D eigenvalue weighted by Crippen LogP contribution is 2.01. The molecule has 0 radical (unpaired) electrons. The molecule has 0 aliphatic carbocycles. The van der Waals surface area contributed by atoms with Crippen molar-refractivity contribution in [2.24, 2.45) is 0 Å². The average molecular weight is 171 g/mol. The molecule has 0 aliphatic heterocycles. The van der Waals surface area contributed by atoms with E-state index in [0.29, 0.717) is 12.6 Å². The molecule has 2 nitrogen and oxygen atoms in total. The van der Waals surface area contributed by atoms with Crippen LogP contribution in [0.2, 0.25) is 0 Å². The monoisotopic (exact) mass is 171 g/mol. The maximum absolute atomic E-state index is 9.34. The molecule has 0 aromatic carbocycles. The van der Waals surface area contributed by atoms with Crippen LogP contribution < -0.4 is 0 Å². The van der Waals surface area contributed by atoms with E-state index in [9.17, 15) is 5.11 Å². The molecule has 0 bridgehead atoms. The SMILES string of the molecule is C=CC(O)CN(CCC)C(C)C. The van der Waals surface area contributed by atoms with E-state index >= 15 is 0 Å². The molecule has 0 saturated heterocycles. The lowest BCUT2D eigenvalue weighted by molar-refractivity contribution is 0.125. The van der Waals surface area contributed by atoms with Crippen molar-refractivity contribution in [3.8, 4) is 0 Å². The molecule has 0 fully saturated rings. The lowest BCUT2D eigenvalue weighted by Gasteiger charge is -2.27. The Morgan fingerprint density at radius 3 is 2.42 bits per heavy atom. The summed E-state index contributed by atoms with van der Waals surface area (Å²) in [6.45, 7) is 11.7. The van der Waals surface area contributed by atoms with Crippen LogP contribution in [0, 0.1) is 0 Å². The summed E-state index contributed by atoms with van der Waals surface area (Å²) >= 11 is 0. The highest BCUT2D eigenvalue weighted by molar-refractivity contribution is 4.81. The second-order valence-corrected chi connectivity index (χ2v) is 3.39. The third kappa shape index (κ3) is 4.52. The Morgan fingerprint density at radius 1 is 1.50 bits per heavy atom. The number of hydrogen-bond donors (Lipinski definition) is 1. The topological polar surface area (TPSA) is 23.5 Å². The largest absolute Gasteiger partial charge is 0.388 e. The molecule has 0 saturated carbocycles. The first-order chi connectivity index (χ1) is 5.61. The van der Waals surface area contributed by atoms with Crippen molar-refractivity contribution < 1.29 is 5.11 Å². The molecule has 1 atom stereocenters. The number of hydrogen-bond acceptors (Lipinski definition) is 2. The normalized spacial score (nSPS) is 13.8. The van der Waals surface area contributed by atoms with Crippen LogP contribution in [0.25, 0.3) is 0 Å². The van der Waals surface area contributed by atoms with Crippen molar-refractivity contribution in [3.63, 3.8) is 0 Å². The molecule has 0 rings (SSSR count). The fraction of sp³-hybridized carbons (Fsp3) is 0.800. The van der Waals surface area contributed by atoms with Crippen LogP contribution in [0.1, 0.15) is 27.2 Å². The summed E-state index contributed by atoms with van der Waals surface area (Å²) in [5, 5.41) is 9.34. The first-order valence-corrected chi connectivity index (χ1v) is 4.66. The molecule has 2 heteroatoms. The number of aliphatic hydroxyl groups excluding tert-OH is 1. The molecule has 1 unspecified atom stereocenters. The first kappa shape index (κ1) is 11.7. The zero-order chi connectivity index (χ0) is 9.56. The molecule has 0 spiro atoms. The second kappa shape index (κ2) is 6.21. The summed E-state index contributed by atoms with van der Waals surface area (Å²) < 4.78 is 0. The van der Waals surface area contributed by atoms with E-state index in [4.69, 9.17) is 0 Å². The van der Waals surface area contributed by atoms with Gasteiger partial charge in [0.15, 0.2) is 0 Å². The Labute approximate surface area is 75.9 Å². The minimum absolute atomic E-state index is 0.390. The molecular formula is C10H21NO. The Kier molecular flexibility index (Phi) is 6.03. The van der Waals surface area contributed by atoms with Gasteiger partial charge in [0.2, 0.25) is 0 Å². The van der Waals surface area contributed by atoms with E-state index in [-0.39, 0.29) is 6.10 Å². The van der Waals surface area contributed by atoms with Gasteiger partial charge in [-0.3, -0.25) is 4.90 Å². The van der Waals surface area contributed by atoms with E-state index in [1.165, 1.54) is 0 Å². The van der Waals surface area contributed by atoms with Gasteiger partial charge in [-0.2, -0.15) is 0 Å². The summed E-state index contributed by atoms with van der Waals surface area (Å²) in [5.41, 5.74) is 0. The Morgan fingerprint density at radius 2 is 2.08 bits per heavy atom. The molecule has 0 aromatic rings. The number of aliphatic hydroxyl groups is 1. The molecule has 0 aliphatic rings. The van der Waals surface area contributed by atoms with Gasteiger partial charge in [-0.25, -0.2) is 0 Å². The van der Waals surface area contributed by atoms with Gasteiger partial charge in [-0.1, -0.05) is 13.0 Å². The predicted molar refractivity (Wildman–Crippen MR) is 53.2 cm³/mol. The molecule has 0 heterocycles. The number of nitrogens with zero attached hydrogens (tertiary/aromatic N) is 1. The fourth-order valence-electron chi connectivity index (χ4n) is 1.16. The zero-order valence-corrected chi connectivity index (χ0v) is 8.45. The minimum Gasteiger partial charge on any atom is -0.388 e. The third-order valence-electron chi connectivity index (χ3n) is 1.93. The molecule has 0 aromatic heterocycles. The summed E-state index contributed by atoms with van der Waals surface area (Å²) in [5.74, 6) is 0. The van der Waals surface area contributed by atoms with Gasteiger partial charge in [-0.15, -0.1) is 6.58 Å². The summed E-state index contributed by atoms with van der Waals surface area (Å²) in [7, 11) is 0. The van der Waals surface area contributed by atoms with Gasteiger partial charge in [0, 0.05) is 12.6 Å².